The number of halogens is 1. The van der Waals surface area contributed by atoms with Crippen LogP contribution in [0.15, 0.2) is 42.5 Å². The van der Waals surface area contributed by atoms with Crippen molar-refractivity contribution in [2.24, 2.45) is 0 Å². The predicted octanol–water partition coefficient (Wildman–Crippen LogP) is 4.50. The molecule has 6 heteroatoms. The van der Waals surface area contributed by atoms with E-state index in [1.54, 1.807) is 26.4 Å². The molecule has 0 radical (unpaired) electrons. The van der Waals surface area contributed by atoms with Gasteiger partial charge in [0.2, 0.25) is 0 Å². The number of aryl methyl sites for hydroxylation is 1. The SMILES string of the molecule is COc1ccc(OC)c(CN(C(=O)c2cc(C)nc3cc(F)ccc23)C2CC2)c1. The van der Waals surface area contributed by atoms with Gasteiger partial charge in [-0.15, -0.1) is 0 Å². The van der Waals surface area contributed by atoms with E-state index in [2.05, 4.69) is 4.98 Å². The molecule has 2 aromatic carbocycles. The van der Waals surface area contributed by atoms with Gasteiger partial charge < -0.3 is 14.4 Å². The van der Waals surface area contributed by atoms with Gasteiger partial charge in [0.15, 0.2) is 0 Å². The number of carbonyl (C=O) groups excluding carboxylic acids is 1. The highest BCUT2D eigenvalue weighted by Gasteiger charge is 2.34. The highest BCUT2D eigenvalue weighted by atomic mass is 19.1. The molecule has 0 saturated heterocycles. The third-order valence-electron chi connectivity index (χ3n) is 5.21. The van der Waals surface area contributed by atoms with Crippen LogP contribution in [0.1, 0.15) is 34.5 Å². The number of methoxy groups -OCH3 is 2. The van der Waals surface area contributed by atoms with Crippen molar-refractivity contribution in [2.75, 3.05) is 14.2 Å². The Kier molecular flexibility index (Phi) is 5.09. The van der Waals surface area contributed by atoms with E-state index in [1.807, 2.05) is 30.0 Å². The summed E-state index contributed by atoms with van der Waals surface area (Å²) >= 11 is 0. The maximum atomic E-state index is 13.7. The standard InChI is InChI=1S/C23H23FN2O3/c1-14-10-20(19-8-4-16(24)12-21(19)25-14)23(27)26(17-5-6-17)13-15-11-18(28-2)7-9-22(15)29-3/h4,7-12,17H,5-6,13H2,1-3H3. The average Bonchev–Trinajstić information content (AvgIpc) is 3.55. The molecule has 5 nitrogen and oxygen atoms in total. The minimum atomic E-state index is -0.367. The second-order valence-corrected chi connectivity index (χ2v) is 7.31. The van der Waals surface area contributed by atoms with E-state index in [1.165, 1.54) is 12.1 Å². The Balaban J connectivity index is 1.74. The van der Waals surface area contributed by atoms with Crippen LogP contribution in [0.25, 0.3) is 10.9 Å². The lowest BCUT2D eigenvalue weighted by molar-refractivity contribution is 0.0730. The van der Waals surface area contributed by atoms with E-state index >= 15 is 0 Å². The van der Waals surface area contributed by atoms with Crippen LogP contribution in [0.2, 0.25) is 0 Å². The molecule has 3 aromatic rings. The summed E-state index contributed by atoms with van der Waals surface area (Å²) in [5.74, 6) is 0.973. The summed E-state index contributed by atoms with van der Waals surface area (Å²) in [6, 6.07) is 11.9. The molecule has 29 heavy (non-hydrogen) atoms. The molecule has 0 bridgehead atoms. The maximum absolute atomic E-state index is 13.7. The Morgan fingerprint density at radius 2 is 1.93 bits per heavy atom. The van der Waals surface area contributed by atoms with Gasteiger partial charge in [0, 0.05) is 28.8 Å². The summed E-state index contributed by atoms with van der Waals surface area (Å²) in [6.45, 7) is 2.22. The fourth-order valence-corrected chi connectivity index (χ4v) is 3.61. The zero-order valence-electron chi connectivity index (χ0n) is 16.7. The summed E-state index contributed by atoms with van der Waals surface area (Å²) in [5.41, 5.74) is 2.60. The number of fused-ring (bicyclic) bond motifs is 1. The van der Waals surface area contributed by atoms with E-state index in [4.69, 9.17) is 9.47 Å². The number of carbonyl (C=O) groups is 1. The molecule has 1 aliphatic rings. The first-order valence-electron chi connectivity index (χ1n) is 9.59. The van der Waals surface area contributed by atoms with Crippen LogP contribution in [-0.2, 0) is 6.54 Å². The van der Waals surface area contributed by atoms with Gasteiger partial charge >= 0.3 is 0 Å². The quantitative estimate of drug-likeness (QED) is 0.618. The van der Waals surface area contributed by atoms with Crippen molar-refractivity contribution in [3.05, 3.63) is 65.1 Å². The maximum Gasteiger partial charge on any atom is 0.255 e. The Bertz CT molecular complexity index is 1070. The molecule has 0 unspecified atom stereocenters. The van der Waals surface area contributed by atoms with Crippen LogP contribution in [0.5, 0.6) is 11.5 Å². The van der Waals surface area contributed by atoms with Crippen LogP contribution in [0.4, 0.5) is 4.39 Å². The van der Waals surface area contributed by atoms with Crippen molar-refractivity contribution in [2.45, 2.75) is 32.4 Å². The molecule has 0 spiro atoms. The third-order valence-corrected chi connectivity index (χ3v) is 5.21. The van der Waals surface area contributed by atoms with Gasteiger partial charge in [-0.2, -0.15) is 0 Å². The summed E-state index contributed by atoms with van der Waals surface area (Å²) in [4.78, 5) is 19.8. The lowest BCUT2D eigenvalue weighted by Gasteiger charge is -2.24. The molecule has 150 valence electrons. The first kappa shape index (κ1) is 19.2. The average molecular weight is 394 g/mol. The lowest BCUT2D eigenvalue weighted by atomic mass is 10.1. The second kappa shape index (κ2) is 7.70. The zero-order valence-corrected chi connectivity index (χ0v) is 16.7. The van der Waals surface area contributed by atoms with Crippen LogP contribution in [-0.4, -0.2) is 36.1 Å². The summed E-state index contributed by atoms with van der Waals surface area (Å²) < 4.78 is 24.5. The molecule has 1 heterocycles. The first-order chi connectivity index (χ1) is 14.0. The highest BCUT2D eigenvalue weighted by Crippen LogP contribution is 2.34. The molecular weight excluding hydrogens is 371 g/mol. The summed E-state index contributed by atoms with van der Waals surface area (Å²) in [6.07, 6.45) is 1.93. The molecule has 0 aliphatic heterocycles. The molecule has 0 atom stereocenters. The van der Waals surface area contributed by atoms with Gasteiger partial charge in [0.1, 0.15) is 17.3 Å². The number of ether oxygens (including phenoxy) is 2. The second-order valence-electron chi connectivity index (χ2n) is 7.31. The van der Waals surface area contributed by atoms with Gasteiger partial charge in [-0.3, -0.25) is 9.78 Å². The molecule has 1 fully saturated rings. The number of nitrogens with zero attached hydrogens (tertiary/aromatic N) is 2. The molecule has 1 aliphatic carbocycles. The van der Waals surface area contributed by atoms with Gasteiger partial charge in [0.25, 0.3) is 5.91 Å². The molecule has 1 saturated carbocycles. The minimum absolute atomic E-state index is 0.0838. The van der Waals surface area contributed by atoms with Crippen molar-refractivity contribution in [3.8, 4) is 11.5 Å². The van der Waals surface area contributed by atoms with Gasteiger partial charge in [0.05, 0.1) is 31.8 Å². The molecule has 1 aromatic heterocycles. The number of benzene rings is 2. The summed E-state index contributed by atoms with van der Waals surface area (Å²) in [7, 11) is 3.23. The number of aromatic nitrogens is 1. The van der Waals surface area contributed by atoms with Crippen molar-refractivity contribution in [1.82, 2.24) is 9.88 Å². The van der Waals surface area contributed by atoms with Crippen molar-refractivity contribution < 1.29 is 18.7 Å². The number of amides is 1. The largest absolute Gasteiger partial charge is 0.497 e. The van der Waals surface area contributed by atoms with Crippen molar-refractivity contribution in [3.63, 3.8) is 0 Å². The van der Waals surface area contributed by atoms with Gasteiger partial charge in [-0.1, -0.05) is 0 Å². The molecule has 1 amide bonds. The van der Waals surface area contributed by atoms with Gasteiger partial charge in [-0.05, 0) is 56.2 Å². The van der Waals surface area contributed by atoms with E-state index < -0.39 is 0 Å². The Hall–Kier alpha value is -3.15. The van der Waals surface area contributed by atoms with E-state index in [-0.39, 0.29) is 17.8 Å². The molecular formula is C23H23FN2O3. The van der Waals surface area contributed by atoms with Gasteiger partial charge in [-0.25, -0.2) is 4.39 Å². The van der Waals surface area contributed by atoms with Crippen LogP contribution < -0.4 is 9.47 Å². The van der Waals surface area contributed by atoms with Crippen LogP contribution in [0, 0.1) is 12.7 Å². The minimum Gasteiger partial charge on any atom is -0.497 e. The first-order valence-corrected chi connectivity index (χ1v) is 9.59. The van der Waals surface area contributed by atoms with E-state index in [9.17, 15) is 9.18 Å². The smallest absolute Gasteiger partial charge is 0.255 e. The Morgan fingerprint density at radius 1 is 1.14 bits per heavy atom. The van der Waals surface area contributed by atoms with Crippen LogP contribution >= 0.6 is 0 Å². The third kappa shape index (κ3) is 3.88. The number of hydrogen-bond acceptors (Lipinski definition) is 4. The number of rotatable bonds is 6. The van der Waals surface area contributed by atoms with E-state index in [0.717, 1.165) is 18.4 Å². The fourth-order valence-electron chi connectivity index (χ4n) is 3.61. The number of pyridine rings is 1. The predicted molar refractivity (Wildman–Crippen MR) is 109 cm³/mol. The summed E-state index contributed by atoms with van der Waals surface area (Å²) in [5, 5.41) is 0.658. The lowest BCUT2D eigenvalue weighted by Crippen LogP contribution is -2.33. The van der Waals surface area contributed by atoms with Crippen molar-refractivity contribution >= 4 is 16.8 Å². The highest BCUT2D eigenvalue weighted by molar-refractivity contribution is 6.06. The Morgan fingerprint density at radius 3 is 2.62 bits per heavy atom. The van der Waals surface area contributed by atoms with Crippen molar-refractivity contribution in [1.29, 1.82) is 0 Å². The fraction of sp³-hybridized carbons (Fsp3) is 0.304. The zero-order chi connectivity index (χ0) is 20.5. The molecule has 4 rings (SSSR count). The Labute approximate surface area is 169 Å². The van der Waals surface area contributed by atoms with E-state index in [0.29, 0.717) is 40.2 Å². The van der Waals surface area contributed by atoms with Crippen LogP contribution in [0.3, 0.4) is 0 Å². The number of hydrogen-bond donors (Lipinski definition) is 0. The topological polar surface area (TPSA) is 51.7 Å². The monoisotopic (exact) mass is 394 g/mol. The molecule has 0 N–H and O–H groups in total. The normalized spacial score (nSPS) is 13.4.